The predicted octanol–water partition coefficient (Wildman–Crippen LogP) is 5.81. The first-order valence-electron chi connectivity index (χ1n) is 6.12. The molecule has 1 nitrogen and oxygen atoms in total. The van der Waals surface area contributed by atoms with Crippen molar-refractivity contribution in [1.29, 1.82) is 0 Å². The minimum absolute atomic E-state index is 0.00975. The van der Waals surface area contributed by atoms with Gasteiger partial charge in [-0.05, 0) is 29.3 Å². The molecular weight excluding hydrogens is 353 g/mol. The summed E-state index contributed by atoms with van der Waals surface area (Å²) in [5.41, 5.74) is -5.53. The molecule has 0 bridgehead atoms. The number of rotatable bonds is 1. The molecule has 0 fully saturated rings. The van der Waals surface area contributed by atoms with Crippen molar-refractivity contribution in [2.75, 3.05) is 0 Å². The Morgan fingerprint density at radius 2 is 1.21 bits per heavy atom. The molecule has 0 aliphatic rings. The SMILES string of the molecule is FC(F)(F)c1ccc(-c2cc(C(F)(F)F)ncc2C(F)(F)F)cc1. The fourth-order valence-corrected chi connectivity index (χ4v) is 1.91. The van der Waals surface area contributed by atoms with Gasteiger partial charge in [-0.25, -0.2) is 0 Å². The van der Waals surface area contributed by atoms with Crippen molar-refractivity contribution < 1.29 is 39.5 Å². The van der Waals surface area contributed by atoms with Crippen LogP contribution in [0, 0.1) is 0 Å². The molecule has 24 heavy (non-hydrogen) atoms. The molecule has 0 atom stereocenters. The van der Waals surface area contributed by atoms with Gasteiger partial charge in [0, 0.05) is 6.20 Å². The number of halogens is 9. The maximum absolute atomic E-state index is 12.9. The Labute approximate surface area is 128 Å². The number of hydrogen-bond acceptors (Lipinski definition) is 1. The van der Waals surface area contributed by atoms with Gasteiger partial charge in [-0.3, -0.25) is 4.98 Å². The second kappa shape index (κ2) is 5.67. The second-order valence-corrected chi connectivity index (χ2v) is 4.69. The first kappa shape index (κ1) is 18.1. The molecule has 0 spiro atoms. The molecule has 0 aliphatic carbocycles. The average molecular weight is 359 g/mol. The third kappa shape index (κ3) is 3.80. The van der Waals surface area contributed by atoms with Gasteiger partial charge in [0.15, 0.2) is 0 Å². The van der Waals surface area contributed by atoms with Gasteiger partial charge in [0.25, 0.3) is 0 Å². The van der Waals surface area contributed by atoms with Crippen LogP contribution in [-0.4, -0.2) is 4.98 Å². The molecule has 10 heteroatoms. The van der Waals surface area contributed by atoms with Gasteiger partial charge in [0.2, 0.25) is 0 Å². The molecule has 0 saturated heterocycles. The monoisotopic (exact) mass is 359 g/mol. The Morgan fingerprint density at radius 1 is 0.667 bits per heavy atom. The predicted molar refractivity (Wildman–Crippen MR) is 64.7 cm³/mol. The van der Waals surface area contributed by atoms with Crippen molar-refractivity contribution in [2.24, 2.45) is 0 Å². The molecule has 1 aromatic carbocycles. The minimum atomic E-state index is -5.02. The number of hydrogen-bond donors (Lipinski definition) is 0. The summed E-state index contributed by atoms with van der Waals surface area (Å²) in [5.74, 6) is 0. The van der Waals surface area contributed by atoms with E-state index in [2.05, 4.69) is 4.98 Å². The standard InChI is InChI=1S/C14H6F9N/c15-12(16,17)8-3-1-7(2-4-8)9-5-11(14(21,22)23)24-6-10(9)13(18,19)20/h1-6H. The van der Waals surface area contributed by atoms with Crippen LogP contribution in [0.1, 0.15) is 16.8 Å². The zero-order valence-corrected chi connectivity index (χ0v) is 11.3. The van der Waals surface area contributed by atoms with Crippen molar-refractivity contribution in [3.8, 4) is 11.1 Å². The Balaban J connectivity index is 2.62. The summed E-state index contributed by atoms with van der Waals surface area (Å²) in [4.78, 5) is 2.73. The van der Waals surface area contributed by atoms with Gasteiger partial charge in [-0.15, -0.1) is 0 Å². The van der Waals surface area contributed by atoms with Crippen molar-refractivity contribution in [1.82, 2.24) is 4.98 Å². The molecule has 1 heterocycles. The largest absolute Gasteiger partial charge is 0.433 e. The van der Waals surface area contributed by atoms with Crippen LogP contribution in [0.5, 0.6) is 0 Å². The Bertz CT molecular complexity index is 724. The fourth-order valence-electron chi connectivity index (χ4n) is 1.91. The molecule has 2 aromatic rings. The van der Waals surface area contributed by atoms with E-state index in [1.54, 1.807) is 0 Å². The van der Waals surface area contributed by atoms with Gasteiger partial charge in [-0.2, -0.15) is 39.5 Å². The summed E-state index contributed by atoms with van der Waals surface area (Å²) in [5, 5.41) is 0. The van der Waals surface area contributed by atoms with Crippen molar-refractivity contribution in [2.45, 2.75) is 18.5 Å². The number of aromatic nitrogens is 1. The summed E-state index contributed by atoms with van der Waals surface area (Å²) in [6, 6.07) is 2.48. The summed E-state index contributed by atoms with van der Waals surface area (Å²) < 4.78 is 114. The zero-order chi connectivity index (χ0) is 18.3. The van der Waals surface area contributed by atoms with Gasteiger partial charge in [0.05, 0.1) is 11.1 Å². The fraction of sp³-hybridized carbons (Fsp3) is 0.214. The van der Waals surface area contributed by atoms with Crippen LogP contribution in [0.4, 0.5) is 39.5 Å². The zero-order valence-electron chi connectivity index (χ0n) is 11.3. The van der Waals surface area contributed by atoms with E-state index in [1.165, 1.54) is 0 Å². The second-order valence-electron chi connectivity index (χ2n) is 4.69. The minimum Gasteiger partial charge on any atom is -0.251 e. The van der Waals surface area contributed by atoms with Crippen LogP contribution < -0.4 is 0 Å². The number of alkyl halides is 9. The summed E-state index contributed by atoms with van der Waals surface area (Å²) in [6.07, 6.45) is -14.7. The molecule has 130 valence electrons. The van der Waals surface area contributed by atoms with Crippen LogP contribution in [0.15, 0.2) is 36.5 Å². The topological polar surface area (TPSA) is 12.9 Å². The number of pyridine rings is 1. The Hall–Kier alpha value is -2.26. The summed E-state index contributed by atoms with van der Waals surface area (Å²) in [7, 11) is 0. The first-order chi connectivity index (χ1) is 10.8. The summed E-state index contributed by atoms with van der Waals surface area (Å²) in [6.45, 7) is 0. The van der Waals surface area contributed by atoms with E-state index in [0.717, 1.165) is 0 Å². The highest BCUT2D eigenvalue weighted by Gasteiger charge is 2.38. The summed E-state index contributed by atoms with van der Waals surface area (Å²) >= 11 is 0. The van der Waals surface area contributed by atoms with Crippen LogP contribution in [0.3, 0.4) is 0 Å². The van der Waals surface area contributed by atoms with Gasteiger partial charge in [0.1, 0.15) is 5.69 Å². The van der Waals surface area contributed by atoms with Crippen molar-refractivity contribution in [3.05, 3.63) is 53.3 Å². The lowest BCUT2D eigenvalue weighted by Crippen LogP contribution is -2.13. The van der Waals surface area contributed by atoms with E-state index in [-0.39, 0.29) is 12.3 Å². The molecule has 0 N–H and O–H groups in total. The quantitative estimate of drug-likeness (QED) is 0.586. The average Bonchev–Trinajstić information content (AvgIpc) is 2.44. The highest BCUT2D eigenvalue weighted by molar-refractivity contribution is 5.68. The van der Waals surface area contributed by atoms with Crippen molar-refractivity contribution in [3.63, 3.8) is 0 Å². The van der Waals surface area contributed by atoms with Crippen LogP contribution in [0.25, 0.3) is 11.1 Å². The highest BCUT2D eigenvalue weighted by atomic mass is 19.4. The highest BCUT2D eigenvalue weighted by Crippen LogP contribution is 2.40. The number of benzene rings is 1. The van der Waals surface area contributed by atoms with Crippen LogP contribution >= 0.6 is 0 Å². The number of nitrogens with zero attached hydrogens (tertiary/aromatic N) is 1. The molecule has 0 unspecified atom stereocenters. The maximum Gasteiger partial charge on any atom is 0.433 e. The Morgan fingerprint density at radius 3 is 1.62 bits per heavy atom. The molecule has 2 rings (SSSR count). The third-order valence-electron chi connectivity index (χ3n) is 3.02. The molecule has 0 saturated carbocycles. The van der Waals surface area contributed by atoms with E-state index in [0.29, 0.717) is 24.3 Å². The maximum atomic E-state index is 12.9. The van der Waals surface area contributed by atoms with Crippen LogP contribution in [0.2, 0.25) is 0 Å². The Kier molecular flexibility index (Phi) is 4.28. The van der Waals surface area contributed by atoms with Crippen LogP contribution in [-0.2, 0) is 18.5 Å². The van der Waals surface area contributed by atoms with Crippen molar-refractivity contribution >= 4 is 0 Å². The normalized spacial score (nSPS) is 13.2. The smallest absolute Gasteiger partial charge is 0.251 e. The molecule has 0 aliphatic heterocycles. The van der Waals surface area contributed by atoms with E-state index < -0.39 is 46.5 Å². The third-order valence-corrected chi connectivity index (χ3v) is 3.02. The van der Waals surface area contributed by atoms with E-state index in [9.17, 15) is 39.5 Å². The molecule has 0 radical (unpaired) electrons. The van der Waals surface area contributed by atoms with Gasteiger partial charge in [-0.1, -0.05) is 12.1 Å². The molecule has 1 aromatic heterocycles. The lowest BCUT2D eigenvalue weighted by Gasteiger charge is -2.15. The first-order valence-corrected chi connectivity index (χ1v) is 6.12. The van der Waals surface area contributed by atoms with E-state index in [4.69, 9.17) is 0 Å². The molecule has 0 amide bonds. The molecular formula is C14H6F9N. The van der Waals surface area contributed by atoms with E-state index >= 15 is 0 Å². The lowest BCUT2D eigenvalue weighted by atomic mass is 9.99. The lowest BCUT2D eigenvalue weighted by molar-refractivity contribution is -0.144. The van der Waals surface area contributed by atoms with E-state index in [1.807, 2.05) is 0 Å². The van der Waals surface area contributed by atoms with Gasteiger partial charge >= 0.3 is 18.5 Å². The van der Waals surface area contributed by atoms with Gasteiger partial charge < -0.3 is 0 Å².